The molecule has 1 fully saturated rings. The molecule has 0 radical (unpaired) electrons. The van der Waals surface area contributed by atoms with Crippen LogP contribution in [-0.4, -0.2) is 122 Å². The largest absolute Gasteiger partial charge is 0.508 e. The standard InChI is InChI=1S/C46H49N3O15/c1-23(2)16-34(52)46(59)40(54)39(44(58)63-43(57)36(42(55)56)47-13-5-15-50)62-45(41(46)64-49-21-27-12-14-48-35(27)37(49)28-18-24(3)17-25(4)19-28)61-30-10-11-31-33(20-30)60-22-32(38(31)53)26-6-8-29(51)9-7-26/h6-12,14-15,17-20,22-23,34,36,39-41,44-45,47,51-52,54,58-59H,5,13,16,21H2,1-4H3,(H,55,56). The number of hydroxylamine groups is 2. The Morgan fingerprint density at radius 1 is 1.05 bits per heavy atom. The number of carboxylic acid groups (broad SMARTS) is 1. The zero-order chi connectivity index (χ0) is 46.0. The fourth-order valence-electron chi connectivity index (χ4n) is 8.06. The number of aldehydes is 1. The van der Waals surface area contributed by atoms with E-state index < -0.39 is 66.0 Å². The minimum absolute atomic E-state index is 0.0100. The molecule has 64 heavy (non-hydrogen) atoms. The number of nitrogens with one attached hydrogen (secondary N) is 1. The highest BCUT2D eigenvalue weighted by Gasteiger charge is 2.64. The van der Waals surface area contributed by atoms with Gasteiger partial charge >= 0.3 is 11.9 Å². The van der Waals surface area contributed by atoms with Gasteiger partial charge in [-0.3, -0.25) is 19.9 Å². The van der Waals surface area contributed by atoms with Crippen LogP contribution in [0.5, 0.6) is 11.5 Å². The van der Waals surface area contributed by atoms with Crippen molar-refractivity contribution in [3.63, 3.8) is 0 Å². The normalized spacial score (nSPS) is 23.2. The number of aliphatic imine (C=N–C) groups is 1. The number of carbonyl (C=O) groups is 3. The van der Waals surface area contributed by atoms with Crippen molar-refractivity contribution in [2.75, 3.05) is 13.1 Å². The summed E-state index contributed by atoms with van der Waals surface area (Å²) in [6.07, 6.45) is -7.65. The van der Waals surface area contributed by atoms with E-state index in [2.05, 4.69) is 10.3 Å². The van der Waals surface area contributed by atoms with Crippen molar-refractivity contribution < 1.29 is 68.5 Å². The average Bonchev–Trinajstić information content (AvgIpc) is 3.83. The zero-order valence-electron chi connectivity index (χ0n) is 35.3. The molecule has 1 saturated heterocycles. The van der Waals surface area contributed by atoms with E-state index in [9.17, 15) is 49.8 Å². The lowest BCUT2D eigenvalue weighted by Crippen LogP contribution is -2.75. The highest BCUT2D eigenvalue weighted by Crippen LogP contribution is 2.44. The molecule has 8 unspecified atom stereocenters. The van der Waals surface area contributed by atoms with Gasteiger partial charge in [-0.15, -0.1) is 0 Å². The first kappa shape index (κ1) is 45.8. The number of phenolic OH excluding ortho intramolecular Hbond substituents is 1. The lowest BCUT2D eigenvalue weighted by atomic mass is 9.76. The van der Waals surface area contributed by atoms with Gasteiger partial charge in [-0.25, -0.2) is 14.7 Å². The second-order valence-electron chi connectivity index (χ2n) is 16.4. The van der Waals surface area contributed by atoms with Crippen LogP contribution in [0.25, 0.3) is 27.8 Å². The summed E-state index contributed by atoms with van der Waals surface area (Å²) in [5, 5.41) is 71.8. The van der Waals surface area contributed by atoms with Gasteiger partial charge < -0.3 is 54.1 Å². The average molecular weight is 884 g/mol. The number of aryl methyl sites for hydroxylation is 2. The van der Waals surface area contributed by atoms with Gasteiger partial charge in [0.25, 0.3) is 0 Å². The van der Waals surface area contributed by atoms with E-state index in [1.165, 1.54) is 41.7 Å². The van der Waals surface area contributed by atoms with Crippen LogP contribution >= 0.6 is 0 Å². The van der Waals surface area contributed by atoms with Gasteiger partial charge in [-0.1, -0.05) is 43.2 Å². The summed E-state index contributed by atoms with van der Waals surface area (Å²) in [6, 6.07) is 13.9. The van der Waals surface area contributed by atoms with E-state index in [-0.39, 0.29) is 59.9 Å². The maximum Gasteiger partial charge on any atom is 0.337 e. The predicted molar refractivity (Wildman–Crippen MR) is 228 cm³/mol. The summed E-state index contributed by atoms with van der Waals surface area (Å²) in [5.41, 5.74) is 1.89. The predicted octanol–water partition coefficient (Wildman–Crippen LogP) is 2.87. The fraction of sp³-hybridized carbons (Fsp3) is 0.370. The molecule has 7 N–H and O–H groups in total. The quantitative estimate of drug-likeness (QED) is 0.0264. The van der Waals surface area contributed by atoms with Crippen molar-refractivity contribution in [2.45, 2.75) is 89.2 Å². The van der Waals surface area contributed by atoms with Crippen molar-refractivity contribution in [3.05, 3.63) is 111 Å². The third-order valence-electron chi connectivity index (χ3n) is 11.1. The van der Waals surface area contributed by atoms with Crippen molar-refractivity contribution in [1.82, 2.24) is 10.4 Å². The number of nitrogens with zero attached hydrogens (tertiary/aromatic N) is 2. The molecule has 18 nitrogen and oxygen atoms in total. The van der Waals surface area contributed by atoms with E-state index in [4.69, 9.17) is 23.5 Å². The Bertz CT molecular complexity index is 2550. The number of phenols is 1. The molecule has 3 aliphatic rings. The zero-order valence-corrected chi connectivity index (χ0v) is 35.3. The molecule has 338 valence electrons. The van der Waals surface area contributed by atoms with Crippen molar-refractivity contribution in [1.29, 1.82) is 0 Å². The second-order valence-corrected chi connectivity index (χ2v) is 16.4. The second kappa shape index (κ2) is 18.8. The van der Waals surface area contributed by atoms with Gasteiger partial charge in [0.1, 0.15) is 35.7 Å². The van der Waals surface area contributed by atoms with Crippen LogP contribution in [-0.2, 0) is 28.7 Å². The van der Waals surface area contributed by atoms with Gasteiger partial charge in [0.15, 0.2) is 23.2 Å². The first-order valence-electron chi connectivity index (χ1n) is 20.5. The number of aliphatic hydroxyl groups excluding tert-OH is 3. The summed E-state index contributed by atoms with van der Waals surface area (Å²) in [6.45, 7) is 7.20. The van der Waals surface area contributed by atoms with Gasteiger partial charge in [0, 0.05) is 36.4 Å². The Labute approximate surface area is 366 Å². The first-order chi connectivity index (χ1) is 30.5. The molecule has 8 atom stereocenters. The summed E-state index contributed by atoms with van der Waals surface area (Å²) in [5.74, 6) is -3.55. The molecule has 18 heteroatoms. The van der Waals surface area contributed by atoms with E-state index in [0.29, 0.717) is 28.8 Å². The SMILES string of the molecule is Cc1cc(C)cc(C2=C3N=CC=C3CN2OC2C(Oc3ccc4c(=O)c(-c5ccc(O)cc5)coc4c3)OC(C(O)OC(=O)C(NCCC=O)C(=O)O)C(O)C2(O)C(O)CC(C)C)c1. The Morgan fingerprint density at radius 3 is 2.44 bits per heavy atom. The number of carbonyl (C=O) groups excluding carboxylic acids is 2. The summed E-state index contributed by atoms with van der Waals surface area (Å²) in [4.78, 5) is 60.9. The van der Waals surface area contributed by atoms with E-state index in [1.807, 2.05) is 32.0 Å². The number of aromatic hydroxyl groups is 1. The van der Waals surface area contributed by atoms with E-state index in [1.54, 1.807) is 38.3 Å². The lowest BCUT2D eigenvalue weighted by molar-refractivity contribution is -0.385. The smallest absolute Gasteiger partial charge is 0.337 e. The van der Waals surface area contributed by atoms with Crippen LogP contribution in [0.2, 0.25) is 0 Å². The third kappa shape index (κ3) is 9.20. The fourth-order valence-corrected chi connectivity index (χ4v) is 8.06. The number of esters is 1. The number of rotatable bonds is 17. The highest BCUT2D eigenvalue weighted by atomic mass is 16.8. The Morgan fingerprint density at radius 2 is 1.77 bits per heavy atom. The molecule has 4 heterocycles. The molecule has 0 saturated carbocycles. The molecule has 3 aliphatic heterocycles. The monoisotopic (exact) mass is 883 g/mol. The van der Waals surface area contributed by atoms with Crippen LogP contribution in [0.15, 0.2) is 98.5 Å². The molecule has 0 amide bonds. The minimum atomic E-state index is -2.81. The van der Waals surface area contributed by atoms with Crippen LogP contribution in [0.4, 0.5) is 0 Å². The number of benzene rings is 3. The van der Waals surface area contributed by atoms with E-state index >= 15 is 0 Å². The Hall–Kier alpha value is -6.25. The molecular formula is C46H49N3O15. The van der Waals surface area contributed by atoms with Crippen LogP contribution in [0.3, 0.4) is 0 Å². The number of ether oxygens (including phenoxy) is 3. The van der Waals surface area contributed by atoms with Gasteiger partial charge in [0.05, 0.1) is 35.0 Å². The molecule has 0 spiro atoms. The number of aliphatic hydroxyl groups is 4. The number of fused-ring (bicyclic) bond motifs is 2. The molecule has 7 rings (SSSR count). The molecule has 0 bridgehead atoms. The highest BCUT2D eigenvalue weighted by molar-refractivity contribution is 5.98. The Balaban J connectivity index is 1.30. The maximum absolute atomic E-state index is 13.6. The number of hydrogen-bond donors (Lipinski definition) is 7. The van der Waals surface area contributed by atoms with Crippen LogP contribution < -0.4 is 15.5 Å². The molecule has 4 aromatic rings. The van der Waals surface area contributed by atoms with Crippen molar-refractivity contribution >= 4 is 41.1 Å². The number of carboxylic acids is 1. The van der Waals surface area contributed by atoms with Gasteiger partial charge in [0.2, 0.25) is 18.6 Å². The maximum atomic E-state index is 13.6. The first-order valence-corrected chi connectivity index (χ1v) is 20.5. The molecule has 0 aliphatic carbocycles. The van der Waals surface area contributed by atoms with Crippen molar-refractivity contribution in [2.24, 2.45) is 10.9 Å². The number of allylic oxidation sites excluding steroid dienone is 1. The minimum Gasteiger partial charge on any atom is -0.508 e. The Kier molecular flexibility index (Phi) is 13.5. The topological polar surface area (TPSA) is 267 Å². The number of aliphatic carboxylic acids is 1. The summed E-state index contributed by atoms with van der Waals surface area (Å²) >= 11 is 0. The number of hydrogen-bond acceptors (Lipinski definition) is 17. The molecule has 1 aromatic heterocycles. The van der Waals surface area contributed by atoms with Gasteiger partial charge in [-0.05, 0) is 74.2 Å². The summed E-state index contributed by atoms with van der Waals surface area (Å²) < 4.78 is 23.5. The van der Waals surface area contributed by atoms with E-state index in [0.717, 1.165) is 16.7 Å². The summed E-state index contributed by atoms with van der Waals surface area (Å²) in [7, 11) is 0. The van der Waals surface area contributed by atoms with Crippen LogP contribution in [0, 0.1) is 19.8 Å². The molecular weight excluding hydrogens is 835 g/mol. The van der Waals surface area contributed by atoms with Crippen molar-refractivity contribution in [3.8, 4) is 22.6 Å². The van der Waals surface area contributed by atoms with Crippen LogP contribution in [0.1, 0.15) is 43.4 Å². The lowest BCUT2D eigenvalue weighted by Gasteiger charge is -2.52. The molecule has 3 aromatic carbocycles. The van der Waals surface area contributed by atoms with Gasteiger partial charge in [-0.2, -0.15) is 0 Å². The third-order valence-corrected chi connectivity index (χ3v) is 11.1.